The summed E-state index contributed by atoms with van der Waals surface area (Å²) in [6.45, 7) is 1.54. The van der Waals surface area contributed by atoms with E-state index in [1.165, 1.54) is 0 Å². The molecule has 1 amide bonds. The molecular formula is C22H22Cl2N4O3S. The number of anilines is 1. The van der Waals surface area contributed by atoms with Crippen molar-refractivity contribution in [2.45, 2.75) is 12.5 Å². The monoisotopic (exact) mass is 492 g/mol. The Hall–Kier alpha value is -2.23. The summed E-state index contributed by atoms with van der Waals surface area (Å²) in [6.07, 6.45) is -1.32. The fourth-order valence-corrected chi connectivity index (χ4v) is 4.14. The van der Waals surface area contributed by atoms with Crippen molar-refractivity contribution in [3.05, 3.63) is 63.6 Å². The summed E-state index contributed by atoms with van der Waals surface area (Å²) in [6, 6.07) is 12.7. The molecule has 2 heterocycles. The fraction of sp³-hybridized carbons (Fsp3) is 0.318. The van der Waals surface area contributed by atoms with Crippen molar-refractivity contribution in [2.24, 2.45) is 4.99 Å². The van der Waals surface area contributed by atoms with E-state index in [9.17, 15) is 4.79 Å². The van der Waals surface area contributed by atoms with E-state index in [4.69, 9.17) is 49.9 Å². The third-order valence-electron chi connectivity index (χ3n) is 5.25. The van der Waals surface area contributed by atoms with Crippen LogP contribution in [0.15, 0.2) is 47.5 Å². The lowest BCUT2D eigenvalue weighted by Gasteiger charge is -2.26. The summed E-state index contributed by atoms with van der Waals surface area (Å²) in [5.41, 5.74) is 2.63. The minimum Gasteiger partial charge on any atom is -0.348 e. The first-order valence-electron chi connectivity index (χ1n) is 10.00. The van der Waals surface area contributed by atoms with Crippen LogP contribution in [-0.2, 0) is 14.3 Å². The Morgan fingerprint density at radius 1 is 1.22 bits per heavy atom. The number of rotatable bonds is 4. The second-order valence-electron chi connectivity index (χ2n) is 7.42. The second-order valence-corrected chi connectivity index (χ2v) is 8.65. The normalized spacial score (nSPS) is 18.8. The molecular weight excluding hydrogens is 471 g/mol. The van der Waals surface area contributed by atoms with Gasteiger partial charge in [-0.05, 0) is 36.5 Å². The van der Waals surface area contributed by atoms with Gasteiger partial charge in [0.25, 0.3) is 5.91 Å². The van der Waals surface area contributed by atoms with E-state index in [0.717, 1.165) is 0 Å². The van der Waals surface area contributed by atoms with Crippen LogP contribution in [0.1, 0.15) is 11.1 Å². The van der Waals surface area contributed by atoms with Crippen LogP contribution >= 0.6 is 35.4 Å². The Bertz CT molecular complexity index is 1070. The number of benzodiazepines with no additional fused rings is 1. The molecule has 1 atom stereocenters. The smallest absolute Gasteiger partial charge is 0.272 e. The summed E-state index contributed by atoms with van der Waals surface area (Å²) < 4.78 is 11.0. The average molecular weight is 493 g/mol. The first kappa shape index (κ1) is 22.9. The molecule has 168 valence electrons. The van der Waals surface area contributed by atoms with Crippen molar-refractivity contribution < 1.29 is 14.3 Å². The van der Waals surface area contributed by atoms with Gasteiger partial charge in [0.2, 0.25) is 6.17 Å². The Labute approximate surface area is 201 Å². The first-order valence-corrected chi connectivity index (χ1v) is 11.2. The number of hydrogen-bond acceptors (Lipinski definition) is 5. The summed E-state index contributed by atoms with van der Waals surface area (Å²) in [5, 5.41) is 4.47. The molecule has 4 rings (SSSR count). The highest BCUT2D eigenvalue weighted by molar-refractivity contribution is 7.80. The summed E-state index contributed by atoms with van der Waals surface area (Å²) in [4.78, 5) is 21.4. The molecule has 0 spiro atoms. The van der Waals surface area contributed by atoms with Gasteiger partial charge in [-0.1, -0.05) is 41.4 Å². The van der Waals surface area contributed by atoms with E-state index in [1.54, 1.807) is 48.2 Å². The van der Waals surface area contributed by atoms with Gasteiger partial charge < -0.3 is 24.6 Å². The zero-order valence-corrected chi connectivity index (χ0v) is 19.9. The summed E-state index contributed by atoms with van der Waals surface area (Å²) in [5.74, 6) is -0.264. The number of halogens is 2. The maximum absolute atomic E-state index is 13.3. The average Bonchev–Trinajstić information content (AvgIpc) is 3.26. The van der Waals surface area contributed by atoms with Crippen LogP contribution in [0.5, 0.6) is 0 Å². The van der Waals surface area contributed by atoms with Gasteiger partial charge in [0.15, 0.2) is 11.4 Å². The lowest BCUT2D eigenvalue weighted by atomic mass is 10.00. The van der Waals surface area contributed by atoms with Crippen LogP contribution in [0.2, 0.25) is 10.0 Å². The van der Waals surface area contributed by atoms with Gasteiger partial charge in [-0.2, -0.15) is 0 Å². The Balaban J connectivity index is 1.70. The van der Waals surface area contributed by atoms with Gasteiger partial charge >= 0.3 is 0 Å². The predicted octanol–water partition coefficient (Wildman–Crippen LogP) is 3.31. The highest BCUT2D eigenvalue weighted by Gasteiger charge is 2.32. The number of likely N-dealkylation sites (N-methyl/N-ethyl adjacent to an activating group) is 2. The molecule has 1 unspecified atom stereocenters. The fourth-order valence-electron chi connectivity index (χ4n) is 3.55. The minimum atomic E-state index is -0.960. The number of amides is 1. The maximum atomic E-state index is 13.3. The molecule has 32 heavy (non-hydrogen) atoms. The Kier molecular flexibility index (Phi) is 6.97. The molecule has 1 N–H and O–H groups in total. The quantitative estimate of drug-likeness (QED) is 0.660. The zero-order valence-electron chi connectivity index (χ0n) is 17.5. The number of fused-ring (bicyclic) bond motifs is 1. The number of hydrogen-bond donors (Lipinski definition) is 1. The van der Waals surface area contributed by atoms with Crippen LogP contribution in [0.4, 0.5) is 5.69 Å². The number of nitrogens with zero attached hydrogens (tertiary/aromatic N) is 3. The number of carbonyl (C=O) groups is 1. The molecule has 0 aromatic heterocycles. The lowest BCUT2D eigenvalue weighted by Crippen LogP contribution is -2.50. The van der Waals surface area contributed by atoms with Crippen molar-refractivity contribution in [2.75, 3.05) is 38.8 Å². The van der Waals surface area contributed by atoms with Gasteiger partial charge in [-0.25, -0.2) is 4.99 Å². The Morgan fingerprint density at radius 2 is 1.94 bits per heavy atom. The second kappa shape index (κ2) is 9.72. The molecule has 0 aliphatic carbocycles. The molecule has 0 radical (unpaired) electrons. The van der Waals surface area contributed by atoms with Crippen LogP contribution in [0.3, 0.4) is 0 Å². The Morgan fingerprint density at radius 3 is 2.66 bits per heavy atom. The molecule has 10 heteroatoms. The largest absolute Gasteiger partial charge is 0.348 e. The molecule has 2 aromatic carbocycles. The topological polar surface area (TPSA) is 66.4 Å². The van der Waals surface area contributed by atoms with Gasteiger partial charge in [-0.15, -0.1) is 0 Å². The molecule has 0 saturated carbocycles. The number of benzene rings is 2. The molecule has 1 fully saturated rings. The van der Waals surface area contributed by atoms with Gasteiger partial charge in [0.05, 0.1) is 31.2 Å². The van der Waals surface area contributed by atoms with Crippen LogP contribution in [0.25, 0.3) is 0 Å². The van der Waals surface area contributed by atoms with Gasteiger partial charge in [-0.3, -0.25) is 4.79 Å². The van der Waals surface area contributed by atoms with E-state index in [0.29, 0.717) is 57.4 Å². The molecule has 2 aromatic rings. The number of ether oxygens (including phenoxy) is 2. The number of thiocarbonyl (C=S) groups is 1. The van der Waals surface area contributed by atoms with Crippen molar-refractivity contribution in [1.29, 1.82) is 0 Å². The third-order valence-corrected chi connectivity index (χ3v) is 6.24. The van der Waals surface area contributed by atoms with Crippen molar-refractivity contribution in [1.82, 2.24) is 10.2 Å². The van der Waals surface area contributed by atoms with Gasteiger partial charge in [0, 0.05) is 35.3 Å². The molecule has 0 bridgehead atoms. The highest BCUT2D eigenvalue weighted by Crippen LogP contribution is 2.31. The van der Waals surface area contributed by atoms with Crippen molar-refractivity contribution in [3.8, 4) is 0 Å². The van der Waals surface area contributed by atoms with Gasteiger partial charge in [0.1, 0.15) is 0 Å². The standard InChI is InChI=1S/C22H22Cl2N4O3S/c1-27(12-18-30-9-10-31-18)22(32)26-20-21(29)28(2)17-8-7-13(23)11-15(17)19(25-20)14-5-3-4-6-16(14)24/h3-8,11,18,20H,9-10,12H2,1-2H3,(H,26,32). The summed E-state index contributed by atoms with van der Waals surface area (Å²) in [7, 11) is 3.50. The van der Waals surface area contributed by atoms with Crippen molar-refractivity contribution >= 4 is 57.8 Å². The number of aliphatic imine (C=N–C) groups is 1. The maximum Gasteiger partial charge on any atom is 0.272 e. The lowest BCUT2D eigenvalue weighted by molar-refractivity contribution is -0.119. The highest BCUT2D eigenvalue weighted by atomic mass is 35.5. The van der Waals surface area contributed by atoms with Crippen LogP contribution in [0, 0.1) is 0 Å². The zero-order chi connectivity index (χ0) is 22.8. The predicted molar refractivity (Wildman–Crippen MR) is 130 cm³/mol. The van der Waals surface area contributed by atoms with Crippen molar-refractivity contribution in [3.63, 3.8) is 0 Å². The summed E-state index contributed by atoms with van der Waals surface area (Å²) >= 11 is 18.3. The van der Waals surface area contributed by atoms with E-state index >= 15 is 0 Å². The number of carbonyl (C=O) groups excluding carboxylic acids is 1. The first-order chi connectivity index (χ1) is 15.3. The van der Waals surface area contributed by atoms with Crippen LogP contribution < -0.4 is 10.2 Å². The minimum absolute atomic E-state index is 0.264. The molecule has 1 saturated heterocycles. The molecule has 7 nitrogen and oxygen atoms in total. The molecule has 2 aliphatic rings. The third kappa shape index (κ3) is 4.74. The molecule has 2 aliphatic heterocycles. The van der Waals surface area contributed by atoms with Crippen LogP contribution in [-0.4, -0.2) is 67.9 Å². The SMILES string of the molecule is CN(CC1OCCO1)C(=S)NC1N=C(c2ccccc2Cl)c2cc(Cl)ccc2N(C)C1=O. The van der Waals surface area contributed by atoms with E-state index in [2.05, 4.69) is 5.32 Å². The number of nitrogens with one attached hydrogen (secondary N) is 1. The van der Waals surface area contributed by atoms with E-state index in [-0.39, 0.29) is 12.2 Å². The van der Waals surface area contributed by atoms with E-state index < -0.39 is 6.17 Å². The van der Waals surface area contributed by atoms with E-state index in [1.807, 2.05) is 18.2 Å².